The second-order valence-corrected chi connectivity index (χ2v) is 4.46. The van der Waals surface area contributed by atoms with Gasteiger partial charge in [-0.25, -0.2) is 0 Å². The molecule has 0 spiro atoms. The van der Waals surface area contributed by atoms with Gasteiger partial charge in [0, 0.05) is 6.42 Å². The molecule has 0 aromatic carbocycles. The molecule has 0 N–H and O–H groups in total. The van der Waals surface area contributed by atoms with Gasteiger partial charge in [-0.1, -0.05) is 33.1 Å². The third kappa shape index (κ3) is 2.82. The van der Waals surface area contributed by atoms with Gasteiger partial charge in [0.25, 0.3) is 0 Å². The van der Waals surface area contributed by atoms with Gasteiger partial charge in [-0.05, 0) is 24.3 Å². The Morgan fingerprint density at radius 1 is 1.43 bits per heavy atom. The fourth-order valence-electron chi connectivity index (χ4n) is 2.19. The highest BCUT2D eigenvalue weighted by Gasteiger charge is 2.27. The molecule has 0 saturated heterocycles. The van der Waals surface area contributed by atoms with Crippen LogP contribution >= 0.6 is 0 Å². The molecule has 1 rings (SSSR count). The quantitative estimate of drug-likeness (QED) is 0.513. The van der Waals surface area contributed by atoms with Crippen LogP contribution in [0.3, 0.4) is 0 Å². The molecule has 0 atom stereocenters. The van der Waals surface area contributed by atoms with Gasteiger partial charge in [0.05, 0.1) is 4.92 Å². The maximum atomic E-state index is 10.7. The molecule has 3 heteroatoms. The van der Waals surface area contributed by atoms with Gasteiger partial charge in [-0.3, -0.25) is 10.1 Å². The van der Waals surface area contributed by atoms with Gasteiger partial charge < -0.3 is 0 Å². The summed E-state index contributed by atoms with van der Waals surface area (Å²) in [7, 11) is 0. The van der Waals surface area contributed by atoms with Crippen molar-refractivity contribution < 1.29 is 4.92 Å². The summed E-state index contributed by atoms with van der Waals surface area (Å²) in [4.78, 5) is 10.4. The predicted octanol–water partition coefficient (Wildman–Crippen LogP) is 3.53. The molecule has 1 saturated carbocycles. The fourth-order valence-corrected chi connectivity index (χ4v) is 2.19. The first-order chi connectivity index (χ1) is 6.57. The highest BCUT2D eigenvalue weighted by molar-refractivity contribution is 5.03. The molecule has 0 radical (unpaired) electrons. The minimum absolute atomic E-state index is 0.0800. The average molecular weight is 197 g/mol. The van der Waals surface area contributed by atoms with E-state index in [1.165, 1.54) is 19.3 Å². The molecule has 3 nitrogen and oxygen atoms in total. The maximum Gasteiger partial charge on any atom is 0.242 e. The van der Waals surface area contributed by atoms with Crippen LogP contribution in [0.25, 0.3) is 0 Å². The van der Waals surface area contributed by atoms with Gasteiger partial charge >= 0.3 is 0 Å². The molecule has 1 aliphatic rings. The number of hydrogen-bond acceptors (Lipinski definition) is 2. The van der Waals surface area contributed by atoms with E-state index in [9.17, 15) is 10.1 Å². The summed E-state index contributed by atoms with van der Waals surface area (Å²) in [6.07, 6.45) is 8.33. The summed E-state index contributed by atoms with van der Waals surface area (Å²) >= 11 is 0. The monoisotopic (exact) mass is 197 g/mol. The summed E-state index contributed by atoms with van der Waals surface area (Å²) in [6, 6.07) is 0. The summed E-state index contributed by atoms with van der Waals surface area (Å²) in [5.41, 5.74) is 0.464. The highest BCUT2D eigenvalue weighted by Crippen LogP contribution is 2.38. The smallest absolute Gasteiger partial charge is 0.242 e. The molecular weight excluding hydrogens is 178 g/mol. The van der Waals surface area contributed by atoms with Crippen molar-refractivity contribution in [3.8, 4) is 0 Å². The second kappa shape index (κ2) is 4.58. The molecule has 1 fully saturated rings. The number of allylic oxidation sites excluding steroid dienone is 2. The molecule has 80 valence electrons. The van der Waals surface area contributed by atoms with Crippen LogP contribution in [0.15, 0.2) is 11.8 Å². The normalized spacial score (nSPS) is 22.0. The van der Waals surface area contributed by atoms with E-state index in [4.69, 9.17) is 0 Å². The molecule has 0 aliphatic heterocycles. The van der Waals surface area contributed by atoms with Crippen molar-refractivity contribution in [2.24, 2.45) is 5.41 Å². The van der Waals surface area contributed by atoms with E-state index >= 15 is 0 Å². The van der Waals surface area contributed by atoms with Crippen LogP contribution in [-0.2, 0) is 0 Å². The lowest BCUT2D eigenvalue weighted by Crippen LogP contribution is -2.19. The van der Waals surface area contributed by atoms with E-state index in [0.29, 0.717) is 12.1 Å². The number of nitrogens with zero attached hydrogens (tertiary/aromatic N) is 1. The van der Waals surface area contributed by atoms with Crippen molar-refractivity contribution in [2.45, 2.75) is 52.4 Å². The summed E-state index contributed by atoms with van der Waals surface area (Å²) in [6.45, 7) is 3.99. The summed E-state index contributed by atoms with van der Waals surface area (Å²) in [5.74, 6) is 0. The largest absolute Gasteiger partial charge is 0.259 e. The van der Waals surface area contributed by atoms with Crippen molar-refractivity contribution in [1.29, 1.82) is 0 Å². The van der Waals surface area contributed by atoms with Crippen LogP contribution in [0.1, 0.15) is 52.4 Å². The Kier molecular flexibility index (Phi) is 3.67. The van der Waals surface area contributed by atoms with Crippen molar-refractivity contribution >= 4 is 0 Å². The van der Waals surface area contributed by atoms with Crippen LogP contribution in [-0.4, -0.2) is 4.92 Å². The number of nitro groups is 1. The lowest BCUT2D eigenvalue weighted by Gasteiger charge is -2.29. The standard InChI is InChI=1S/C11H19NO2/c1-3-10(12(13)14)9-11(2)7-5-4-6-8-11/h9H,3-8H2,1-2H3/b10-9-. The first kappa shape index (κ1) is 11.2. The Bertz CT molecular complexity index is 240. The van der Waals surface area contributed by atoms with Crippen molar-refractivity contribution in [3.05, 3.63) is 21.9 Å². The van der Waals surface area contributed by atoms with E-state index in [1.807, 2.05) is 13.0 Å². The van der Waals surface area contributed by atoms with Gasteiger partial charge in [-0.15, -0.1) is 0 Å². The molecule has 1 aliphatic carbocycles. The van der Waals surface area contributed by atoms with Gasteiger partial charge in [-0.2, -0.15) is 0 Å². The highest BCUT2D eigenvalue weighted by atomic mass is 16.6. The molecular formula is C11H19NO2. The molecule has 0 aromatic rings. The van der Waals surface area contributed by atoms with Gasteiger partial charge in [0.1, 0.15) is 0 Å². The summed E-state index contributed by atoms with van der Waals surface area (Å²) in [5, 5.41) is 10.7. The first-order valence-electron chi connectivity index (χ1n) is 5.43. The molecule has 0 bridgehead atoms. The van der Waals surface area contributed by atoms with E-state index in [0.717, 1.165) is 12.8 Å². The Labute approximate surface area is 85.3 Å². The third-order valence-corrected chi connectivity index (χ3v) is 3.11. The minimum Gasteiger partial charge on any atom is -0.259 e. The van der Waals surface area contributed by atoms with Crippen molar-refractivity contribution in [3.63, 3.8) is 0 Å². The van der Waals surface area contributed by atoms with E-state index in [-0.39, 0.29) is 10.3 Å². The predicted molar refractivity (Wildman–Crippen MR) is 56.6 cm³/mol. The topological polar surface area (TPSA) is 43.1 Å². The summed E-state index contributed by atoms with van der Waals surface area (Å²) < 4.78 is 0. The Balaban J connectivity index is 2.75. The molecule has 0 heterocycles. The zero-order valence-corrected chi connectivity index (χ0v) is 9.08. The zero-order valence-electron chi connectivity index (χ0n) is 9.08. The Morgan fingerprint density at radius 2 is 2.00 bits per heavy atom. The third-order valence-electron chi connectivity index (χ3n) is 3.11. The van der Waals surface area contributed by atoms with Crippen molar-refractivity contribution in [2.75, 3.05) is 0 Å². The van der Waals surface area contributed by atoms with E-state index < -0.39 is 0 Å². The van der Waals surface area contributed by atoms with Crippen molar-refractivity contribution in [1.82, 2.24) is 0 Å². The van der Waals surface area contributed by atoms with E-state index in [2.05, 4.69) is 6.92 Å². The van der Waals surface area contributed by atoms with Gasteiger partial charge in [0.2, 0.25) is 5.70 Å². The number of hydrogen-bond donors (Lipinski definition) is 0. The molecule has 0 unspecified atom stereocenters. The Morgan fingerprint density at radius 3 is 2.43 bits per heavy atom. The van der Waals surface area contributed by atoms with Gasteiger partial charge in [0.15, 0.2) is 0 Å². The van der Waals surface area contributed by atoms with Crippen LogP contribution in [0.4, 0.5) is 0 Å². The second-order valence-electron chi connectivity index (χ2n) is 4.46. The lowest BCUT2D eigenvalue weighted by molar-refractivity contribution is -0.428. The Hall–Kier alpha value is -0.860. The van der Waals surface area contributed by atoms with E-state index in [1.54, 1.807) is 0 Å². The van der Waals surface area contributed by atoms with Crippen LogP contribution in [0.5, 0.6) is 0 Å². The maximum absolute atomic E-state index is 10.7. The molecule has 0 amide bonds. The average Bonchev–Trinajstić information content (AvgIpc) is 2.15. The first-order valence-corrected chi connectivity index (χ1v) is 5.43. The minimum atomic E-state index is -0.236. The lowest BCUT2D eigenvalue weighted by atomic mass is 9.75. The molecule has 14 heavy (non-hydrogen) atoms. The zero-order chi connectivity index (χ0) is 10.6. The van der Waals surface area contributed by atoms with Crippen LogP contribution in [0, 0.1) is 15.5 Å². The molecule has 0 aromatic heterocycles. The van der Waals surface area contributed by atoms with Crippen LogP contribution < -0.4 is 0 Å². The van der Waals surface area contributed by atoms with Crippen LogP contribution in [0.2, 0.25) is 0 Å². The fraction of sp³-hybridized carbons (Fsp3) is 0.818. The number of rotatable bonds is 3. The SMILES string of the molecule is CC/C(=C/C1(C)CCCCC1)[N+](=O)[O-].